The van der Waals surface area contributed by atoms with Crippen molar-refractivity contribution in [2.24, 2.45) is 5.73 Å². The molecule has 2 aromatic heterocycles. The van der Waals surface area contributed by atoms with Gasteiger partial charge in [-0.15, -0.1) is 11.3 Å². The van der Waals surface area contributed by atoms with Crippen LogP contribution in [0.5, 0.6) is 0 Å². The molecule has 0 radical (unpaired) electrons. The number of anilines is 2. The second-order valence-electron chi connectivity index (χ2n) is 7.70. The molecule has 11 heteroatoms. The Morgan fingerprint density at radius 1 is 1.15 bits per heavy atom. The summed E-state index contributed by atoms with van der Waals surface area (Å²) in [6.45, 7) is 0. The van der Waals surface area contributed by atoms with Crippen LogP contribution in [0.25, 0.3) is 0 Å². The van der Waals surface area contributed by atoms with Gasteiger partial charge in [0.15, 0.2) is 11.7 Å². The van der Waals surface area contributed by atoms with E-state index in [1.807, 2.05) is 17.5 Å². The molecule has 1 aliphatic carbocycles. The molecule has 1 aromatic carbocycles. The van der Waals surface area contributed by atoms with Gasteiger partial charge in [0.25, 0.3) is 11.8 Å². The van der Waals surface area contributed by atoms with Crippen LogP contribution in [-0.4, -0.2) is 28.1 Å². The summed E-state index contributed by atoms with van der Waals surface area (Å²) in [7, 11) is 0. The number of nitrogens with one attached hydrogen (secondary N) is 1. The first-order valence-corrected chi connectivity index (χ1v) is 12.4. The molecule has 1 aliphatic rings. The highest BCUT2D eigenvalue weighted by Crippen LogP contribution is 2.35. The summed E-state index contributed by atoms with van der Waals surface area (Å²) in [5.41, 5.74) is 11.6. The molecule has 0 bridgehead atoms. The van der Waals surface area contributed by atoms with Crippen molar-refractivity contribution < 1.29 is 14.4 Å². The molecule has 0 unspecified atom stereocenters. The zero-order valence-electron chi connectivity index (χ0n) is 17.5. The second-order valence-corrected chi connectivity index (χ2v) is 9.89. The topological polar surface area (TPSA) is 131 Å². The van der Waals surface area contributed by atoms with Gasteiger partial charge in [-0.1, -0.05) is 30.5 Å². The minimum absolute atomic E-state index is 0.0361. The maximum absolute atomic E-state index is 13.8. The highest BCUT2D eigenvalue weighted by Gasteiger charge is 2.37. The number of primary amides is 1. The van der Waals surface area contributed by atoms with E-state index in [1.54, 1.807) is 24.3 Å². The van der Waals surface area contributed by atoms with Crippen LogP contribution in [0.1, 0.15) is 56.8 Å². The summed E-state index contributed by atoms with van der Waals surface area (Å²) in [5.74, 6) is -1.67. The lowest BCUT2D eigenvalue weighted by Crippen LogP contribution is -2.46. The number of carbonyl (C=O) groups excluding carboxylic acids is 3. The molecular weight excluding hydrogens is 482 g/mol. The van der Waals surface area contributed by atoms with Crippen LogP contribution in [0.2, 0.25) is 5.02 Å². The Bertz CT molecular complexity index is 1160. The monoisotopic (exact) mass is 503 g/mol. The van der Waals surface area contributed by atoms with Gasteiger partial charge in [0.1, 0.15) is 4.88 Å². The number of benzene rings is 1. The molecule has 1 fully saturated rings. The average molecular weight is 504 g/mol. The van der Waals surface area contributed by atoms with Crippen LogP contribution in [-0.2, 0) is 4.79 Å². The predicted octanol–water partition coefficient (Wildman–Crippen LogP) is 3.99. The third-order valence-electron chi connectivity index (χ3n) is 5.50. The zero-order valence-corrected chi connectivity index (χ0v) is 19.9. The van der Waals surface area contributed by atoms with Gasteiger partial charge in [0, 0.05) is 21.6 Å². The van der Waals surface area contributed by atoms with E-state index in [2.05, 4.69) is 9.69 Å². The quantitative estimate of drug-likeness (QED) is 0.448. The highest BCUT2D eigenvalue weighted by atomic mass is 35.5. The number of amides is 3. The number of hydrogen-bond donors (Lipinski definition) is 3. The van der Waals surface area contributed by atoms with Crippen molar-refractivity contribution >= 4 is 63.6 Å². The summed E-state index contributed by atoms with van der Waals surface area (Å²) < 4.78 is 3.95. The van der Waals surface area contributed by atoms with Crippen LogP contribution in [0.15, 0.2) is 41.8 Å². The zero-order chi connectivity index (χ0) is 23.5. The molecule has 8 nitrogen and oxygen atoms in total. The summed E-state index contributed by atoms with van der Waals surface area (Å²) in [6, 6.07) is 9.36. The molecule has 3 aromatic rings. The van der Waals surface area contributed by atoms with Gasteiger partial charge in [0.05, 0.1) is 5.69 Å². The Morgan fingerprint density at radius 2 is 1.85 bits per heavy atom. The van der Waals surface area contributed by atoms with Gasteiger partial charge in [-0.05, 0) is 60.1 Å². The van der Waals surface area contributed by atoms with E-state index in [1.165, 1.54) is 16.2 Å². The number of halogens is 1. The molecule has 2 heterocycles. The first-order chi connectivity index (χ1) is 15.9. The first kappa shape index (κ1) is 23.2. The molecule has 4 rings (SSSR count). The summed E-state index contributed by atoms with van der Waals surface area (Å²) in [5, 5.41) is 5.44. The number of nitrogen functional groups attached to an aromatic ring is 1. The normalized spacial score (nSPS) is 14.7. The summed E-state index contributed by atoms with van der Waals surface area (Å²) in [4.78, 5) is 41.1. The molecule has 0 aliphatic heterocycles. The molecule has 5 N–H and O–H groups in total. The standard InChI is InChI=1S/C22H22ClN5O3S2/c23-12-7-9-14(10-8-12)28(22(31)19-16(24)17(20(25)29)27-33-19)18(15-6-3-11-32-15)21(30)26-13-4-1-2-5-13/h3,6-11,13,18H,1-2,4-5,24H2,(H2,25,29)(H,26,30)/t18-/m0/s1. The van der Waals surface area contributed by atoms with Crippen LogP contribution < -0.4 is 21.7 Å². The maximum Gasteiger partial charge on any atom is 0.273 e. The van der Waals surface area contributed by atoms with Gasteiger partial charge in [0.2, 0.25) is 5.91 Å². The number of rotatable bonds is 7. The third kappa shape index (κ3) is 4.87. The van der Waals surface area contributed by atoms with Crippen LogP contribution in [0.3, 0.4) is 0 Å². The van der Waals surface area contributed by atoms with Crippen molar-refractivity contribution in [3.8, 4) is 0 Å². The lowest BCUT2D eigenvalue weighted by molar-refractivity contribution is -0.123. The van der Waals surface area contributed by atoms with Crippen molar-refractivity contribution in [3.05, 3.63) is 62.2 Å². The summed E-state index contributed by atoms with van der Waals surface area (Å²) >= 11 is 8.22. The Kier molecular flexibility index (Phi) is 6.96. The number of nitrogens with zero attached hydrogens (tertiary/aromatic N) is 2. The largest absolute Gasteiger partial charge is 0.395 e. The molecule has 1 atom stereocenters. The highest BCUT2D eigenvalue weighted by molar-refractivity contribution is 7.10. The lowest BCUT2D eigenvalue weighted by atomic mass is 10.1. The SMILES string of the molecule is NC(=O)c1nsc(C(=O)N(c2ccc(Cl)cc2)[C@H](C(=O)NC2CCCC2)c2cccs2)c1N. The Hall–Kier alpha value is -2.95. The number of carbonyl (C=O) groups is 3. The molecule has 172 valence electrons. The van der Waals surface area contributed by atoms with Gasteiger partial charge < -0.3 is 16.8 Å². The van der Waals surface area contributed by atoms with E-state index >= 15 is 0 Å². The minimum Gasteiger partial charge on any atom is -0.395 e. The first-order valence-electron chi connectivity index (χ1n) is 10.3. The summed E-state index contributed by atoms with van der Waals surface area (Å²) in [6.07, 6.45) is 3.92. The minimum atomic E-state index is -0.946. The molecule has 3 amide bonds. The van der Waals surface area contributed by atoms with E-state index in [4.69, 9.17) is 23.1 Å². The molecule has 33 heavy (non-hydrogen) atoms. The van der Waals surface area contributed by atoms with E-state index in [0.29, 0.717) is 15.6 Å². The van der Waals surface area contributed by atoms with Crippen molar-refractivity contribution in [1.82, 2.24) is 9.69 Å². The predicted molar refractivity (Wildman–Crippen MR) is 131 cm³/mol. The number of nitrogens with two attached hydrogens (primary N) is 2. The van der Waals surface area contributed by atoms with Gasteiger partial charge in [-0.3, -0.25) is 19.3 Å². The lowest BCUT2D eigenvalue weighted by Gasteiger charge is -2.31. The third-order valence-corrected chi connectivity index (χ3v) is 7.53. The van der Waals surface area contributed by atoms with Crippen molar-refractivity contribution in [3.63, 3.8) is 0 Å². The molecule has 1 saturated carbocycles. The Balaban J connectivity index is 1.80. The maximum atomic E-state index is 13.8. The molecular formula is C22H22ClN5O3S2. The molecule has 0 spiro atoms. The van der Waals surface area contributed by atoms with Gasteiger partial charge >= 0.3 is 0 Å². The van der Waals surface area contributed by atoms with E-state index in [0.717, 1.165) is 37.2 Å². The van der Waals surface area contributed by atoms with Gasteiger partial charge in [-0.2, -0.15) is 4.37 Å². The second kappa shape index (κ2) is 9.90. The average Bonchev–Trinajstić information content (AvgIpc) is 3.54. The Labute approximate surface area is 203 Å². The van der Waals surface area contributed by atoms with Crippen molar-refractivity contribution in [1.29, 1.82) is 0 Å². The smallest absolute Gasteiger partial charge is 0.273 e. The van der Waals surface area contributed by atoms with Crippen LogP contribution in [0, 0.1) is 0 Å². The van der Waals surface area contributed by atoms with Gasteiger partial charge in [-0.25, -0.2) is 0 Å². The van der Waals surface area contributed by atoms with E-state index < -0.39 is 17.9 Å². The van der Waals surface area contributed by atoms with E-state index in [9.17, 15) is 14.4 Å². The fourth-order valence-corrected chi connectivity index (χ4v) is 5.58. The van der Waals surface area contributed by atoms with Crippen LogP contribution >= 0.6 is 34.5 Å². The van der Waals surface area contributed by atoms with Crippen LogP contribution in [0.4, 0.5) is 11.4 Å². The molecule has 0 saturated heterocycles. The van der Waals surface area contributed by atoms with Crippen molar-refractivity contribution in [2.75, 3.05) is 10.6 Å². The number of thiophene rings is 1. The fourth-order valence-electron chi connectivity index (χ4n) is 3.89. The number of aromatic nitrogens is 1. The Morgan fingerprint density at radius 3 is 2.42 bits per heavy atom. The van der Waals surface area contributed by atoms with Crippen molar-refractivity contribution in [2.45, 2.75) is 37.8 Å². The fraction of sp³-hybridized carbons (Fsp3) is 0.273. The number of hydrogen-bond acceptors (Lipinski definition) is 7. The van der Waals surface area contributed by atoms with E-state index in [-0.39, 0.29) is 28.2 Å².